The van der Waals surface area contributed by atoms with Gasteiger partial charge in [0.15, 0.2) is 8.80 Å². The van der Waals surface area contributed by atoms with Crippen LogP contribution in [0.1, 0.15) is 5.56 Å². The van der Waals surface area contributed by atoms with Gasteiger partial charge in [-0.2, -0.15) is 0 Å². The van der Waals surface area contributed by atoms with Crippen molar-refractivity contribution in [2.24, 2.45) is 0 Å². The van der Waals surface area contributed by atoms with Crippen molar-refractivity contribution < 1.29 is 4.39 Å². The average Bonchev–Trinajstić information content (AvgIpc) is 2.59. The van der Waals surface area contributed by atoms with Crippen LogP contribution in [0.15, 0.2) is 84.9 Å². The number of halogens is 1. The van der Waals surface area contributed by atoms with Crippen molar-refractivity contribution in [3.05, 3.63) is 96.3 Å². The van der Waals surface area contributed by atoms with Gasteiger partial charge in [-0.15, -0.1) is 5.54 Å². The van der Waals surface area contributed by atoms with Gasteiger partial charge in [-0.3, -0.25) is 0 Å². The molecule has 106 valence electrons. The van der Waals surface area contributed by atoms with Gasteiger partial charge >= 0.3 is 0 Å². The van der Waals surface area contributed by atoms with E-state index in [0.717, 1.165) is 0 Å². The van der Waals surface area contributed by atoms with Crippen LogP contribution in [0.4, 0.5) is 4.39 Å². The summed E-state index contributed by atoms with van der Waals surface area (Å²) in [5.41, 5.74) is 3.82. The minimum absolute atomic E-state index is 0.260. The smallest absolute Gasteiger partial charge is 0.184 e. The van der Waals surface area contributed by atoms with Crippen LogP contribution in [0, 0.1) is 17.3 Å². The summed E-state index contributed by atoms with van der Waals surface area (Å²) in [6.07, 6.45) is 0. The summed E-state index contributed by atoms with van der Waals surface area (Å²) in [7, 11) is -1.67. The summed E-state index contributed by atoms with van der Waals surface area (Å²) >= 11 is 0. The van der Waals surface area contributed by atoms with Crippen LogP contribution < -0.4 is 10.4 Å². The summed E-state index contributed by atoms with van der Waals surface area (Å²) in [4.78, 5) is 0. The predicted octanol–water partition coefficient (Wildman–Crippen LogP) is 2.76. The summed E-state index contributed by atoms with van der Waals surface area (Å²) < 4.78 is 13.8. The molecular weight excluding hydrogens is 287 g/mol. The molecule has 0 amide bonds. The number of rotatable bonds is 2. The highest BCUT2D eigenvalue weighted by Gasteiger charge is 2.13. The van der Waals surface area contributed by atoms with E-state index in [9.17, 15) is 4.39 Å². The molecule has 3 rings (SSSR count). The highest BCUT2D eigenvalue weighted by molar-refractivity contribution is 6.91. The van der Waals surface area contributed by atoms with Crippen LogP contribution in [-0.4, -0.2) is 8.80 Å². The van der Waals surface area contributed by atoms with Gasteiger partial charge in [0.25, 0.3) is 0 Å². The van der Waals surface area contributed by atoms with Crippen LogP contribution in [0.25, 0.3) is 0 Å². The first-order chi connectivity index (χ1) is 10.8. The third-order valence-electron chi connectivity index (χ3n) is 3.49. The molecule has 0 fully saturated rings. The van der Waals surface area contributed by atoms with Gasteiger partial charge in [-0.25, -0.2) is 4.39 Å². The minimum atomic E-state index is -1.67. The fourth-order valence-corrected chi connectivity index (χ4v) is 4.59. The lowest BCUT2D eigenvalue weighted by molar-refractivity contribution is 0.624. The van der Waals surface area contributed by atoms with E-state index in [-0.39, 0.29) is 5.82 Å². The number of benzene rings is 3. The van der Waals surface area contributed by atoms with Crippen molar-refractivity contribution in [2.75, 3.05) is 0 Å². The second-order valence-corrected chi connectivity index (χ2v) is 7.49. The molecule has 2 heteroatoms. The first-order valence-electron chi connectivity index (χ1n) is 7.20. The maximum atomic E-state index is 13.8. The SMILES string of the molecule is Fc1ccccc1C#C[SiH](c1ccccc1)c1ccccc1. The molecule has 0 aliphatic heterocycles. The van der Waals surface area contributed by atoms with Crippen molar-refractivity contribution in [1.29, 1.82) is 0 Å². The topological polar surface area (TPSA) is 0 Å². The standard InChI is InChI=1S/C20H15FSi/c21-20-14-8-7-9-17(20)15-16-22(18-10-3-1-4-11-18)19-12-5-2-6-13-19/h1-14,22H. The molecule has 0 atom stereocenters. The Bertz CT molecular complexity index is 762. The van der Waals surface area contributed by atoms with Crippen molar-refractivity contribution in [2.45, 2.75) is 0 Å². The molecule has 0 aromatic heterocycles. The number of hydrogen-bond acceptors (Lipinski definition) is 0. The van der Waals surface area contributed by atoms with Gasteiger partial charge in [0.2, 0.25) is 0 Å². The maximum absolute atomic E-state index is 13.8. The third kappa shape index (κ3) is 3.33. The zero-order chi connectivity index (χ0) is 15.2. The molecule has 0 nitrogen and oxygen atoms in total. The molecule has 0 aliphatic rings. The fraction of sp³-hybridized carbons (Fsp3) is 0. The molecule has 3 aromatic rings. The zero-order valence-corrected chi connectivity index (χ0v) is 13.2. The summed E-state index contributed by atoms with van der Waals surface area (Å²) in [5.74, 6) is 2.79. The van der Waals surface area contributed by atoms with Gasteiger partial charge in [0.05, 0.1) is 5.56 Å². The van der Waals surface area contributed by atoms with E-state index in [0.29, 0.717) is 5.56 Å². The predicted molar refractivity (Wildman–Crippen MR) is 92.6 cm³/mol. The van der Waals surface area contributed by atoms with Crippen molar-refractivity contribution in [3.63, 3.8) is 0 Å². The van der Waals surface area contributed by atoms with Crippen LogP contribution in [0.2, 0.25) is 0 Å². The normalized spacial score (nSPS) is 10.1. The maximum Gasteiger partial charge on any atom is 0.184 e. The Labute approximate surface area is 131 Å². The highest BCUT2D eigenvalue weighted by atomic mass is 28.3. The summed E-state index contributed by atoms with van der Waals surface area (Å²) in [6.45, 7) is 0. The Kier molecular flexibility index (Phi) is 4.48. The van der Waals surface area contributed by atoms with E-state index in [4.69, 9.17) is 0 Å². The van der Waals surface area contributed by atoms with Gasteiger partial charge < -0.3 is 0 Å². The third-order valence-corrected chi connectivity index (χ3v) is 6.03. The quantitative estimate of drug-likeness (QED) is 0.504. The van der Waals surface area contributed by atoms with Crippen LogP contribution in [-0.2, 0) is 0 Å². The van der Waals surface area contributed by atoms with Gasteiger partial charge in [0.1, 0.15) is 5.82 Å². The van der Waals surface area contributed by atoms with E-state index < -0.39 is 8.80 Å². The molecule has 0 saturated carbocycles. The van der Waals surface area contributed by atoms with Gasteiger partial charge in [-0.05, 0) is 22.5 Å². The lowest BCUT2D eigenvalue weighted by Crippen LogP contribution is -2.41. The van der Waals surface area contributed by atoms with E-state index in [1.54, 1.807) is 12.1 Å². The second-order valence-electron chi connectivity index (χ2n) is 5.00. The Hall–Kier alpha value is -2.63. The first-order valence-corrected chi connectivity index (χ1v) is 8.94. The molecular formula is C20H15FSi. The van der Waals surface area contributed by atoms with E-state index in [1.165, 1.54) is 16.4 Å². The molecule has 0 spiro atoms. The lowest BCUT2D eigenvalue weighted by Gasteiger charge is -2.09. The second kappa shape index (κ2) is 6.88. The monoisotopic (exact) mass is 302 g/mol. The fourth-order valence-electron chi connectivity index (χ4n) is 2.36. The average molecular weight is 302 g/mol. The highest BCUT2D eigenvalue weighted by Crippen LogP contribution is 2.04. The Morgan fingerprint density at radius 2 is 1.14 bits per heavy atom. The van der Waals surface area contributed by atoms with Crippen LogP contribution in [0.3, 0.4) is 0 Å². The molecule has 0 bridgehead atoms. The van der Waals surface area contributed by atoms with Crippen molar-refractivity contribution in [3.8, 4) is 11.5 Å². The first kappa shape index (κ1) is 14.3. The summed E-state index contributed by atoms with van der Waals surface area (Å²) in [6, 6.07) is 27.3. The number of hydrogen-bond donors (Lipinski definition) is 0. The molecule has 0 N–H and O–H groups in total. The van der Waals surface area contributed by atoms with E-state index in [1.807, 2.05) is 42.5 Å². The van der Waals surface area contributed by atoms with E-state index >= 15 is 0 Å². The minimum Gasteiger partial charge on any atom is -0.206 e. The molecule has 0 aliphatic carbocycles. The van der Waals surface area contributed by atoms with Crippen molar-refractivity contribution in [1.82, 2.24) is 0 Å². The Morgan fingerprint density at radius 1 is 0.636 bits per heavy atom. The lowest BCUT2D eigenvalue weighted by atomic mass is 10.2. The molecule has 0 heterocycles. The Morgan fingerprint density at radius 3 is 1.68 bits per heavy atom. The molecule has 3 aromatic carbocycles. The molecule has 22 heavy (non-hydrogen) atoms. The molecule has 0 saturated heterocycles. The zero-order valence-electron chi connectivity index (χ0n) is 12.0. The van der Waals surface area contributed by atoms with Crippen LogP contribution in [0.5, 0.6) is 0 Å². The molecule has 0 unspecified atom stereocenters. The summed E-state index contributed by atoms with van der Waals surface area (Å²) in [5, 5.41) is 2.50. The van der Waals surface area contributed by atoms with E-state index in [2.05, 4.69) is 35.7 Å². The van der Waals surface area contributed by atoms with Crippen LogP contribution >= 0.6 is 0 Å². The largest absolute Gasteiger partial charge is 0.206 e. The van der Waals surface area contributed by atoms with Gasteiger partial charge in [0, 0.05) is 0 Å². The van der Waals surface area contributed by atoms with Crippen molar-refractivity contribution >= 4 is 19.2 Å². The van der Waals surface area contributed by atoms with Gasteiger partial charge in [-0.1, -0.05) is 78.7 Å². The molecule has 0 radical (unpaired) electrons. The Balaban J connectivity index is 2.03.